The molecule has 0 amide bonds. The Balaban J connectivity index is 4.41. The second kappa shape index (κ2) is 51.5. The normalized spacial score (nSPS) is 12.6. The van der Waals surface area contributed by atoms with Gasteiger partial charge in [-0.05, 0) is 57.8 Å². The summed E-state index contributed by atoms with van der Waals surface area (Å²) < 4.78 is 16.7. The van der Waals surface area contributed by atoms with Gasteiger partial charge in [-0.2, -0.15) is 0 Å². The van der Waals surface area contributed by atoms with E-state index in [2.05, 4.69) is 87.6 Å². The average Bonchev–Trinajstić information content (AvgIpc) is 3.28. The van der Waals surface area contributed by atoms with Crippen molar-refractivity contribution < 1.29 is 28.6 Å². The summed E-state index contributed by atoms with van der Waals surface area (Å²) in [6.07, 6.45) is 64.8. The third kappa shape index (κ3) is 49.7. The van der Waals surface area contributed by atoms with E-state index < -0.39 is 6.10 Å². The lowest BCUT2D eigenvalue weighted by Crippen LogP contribution is -2.30. The largest absolute Gasteiger partial charge is 0.462 e. The van der Waals surface area contributed by atoms with Crippen LogP contribution in [0.25, 0.3) is 0 Å². The van der Waals surface area contributed by atoms with Crippen LogP contribution in [-0.2, 0) is 28.6 Å². The predicted molar refractivity (Wildman–Crippen MR) is 270 cm³/mol. The van der Waals surface area contributed by atoms with Crippen LogP contribution < -0.4 is 0 Å². The highest BCUT2D eigenvalue weighted by Crippen LogP contribution is 2.16. The van der Waals surface area contributed by atoms with Crippen LogP contribution in [0.4, 0.5) is 0 Å². The van der Waals surface area contributed by atoms with Crippen molar-refractivity contribution in [3.63, 3.8) is 0 Å². The van der Waals surface area contributed by atoms with E-state index >= 15 is 0 Å². The topological polar surface area (TPSA) is 78.9 Å². The van der Waals surface area contributed by atoms with Gasteiger partial charge in [0.05, 0.1) is 0 Å². The van der Waals surface area contributed by atoms with Crippen LogP contribution in [0, 0.1) is 0 Å². The van der Waals surface area contributed by atoms with Crippen molar-refractivity contribution >= 4 is 17.9 Å². The van der Waals surface area contributed by atoms with Crippen molar-refractivity contribution in [3.05, 3.63) is 72.9 Å². The molecule has 1 unspecified atom stereocenters. The highest BCUT2D eigenvalue weighted by atomic mass is 16.6. The molecule has 0 aromatic rings. The lowest BCUT2D eigenvalue weighted by atomic mass is 10.0. The Hall–Kier alpha value is -3.15. The highest BCUT2D eigenvalue weighted by Gasteiger charge is 2.19. The molecule has 0 saturated heterocycles. The molecule has 0 aromatic carbocycles. The van der Waals surface area contributed by atoms with Crippen LogP contribution in [0.15, 0.2) is 72.9 Å². The fourth-order valence-electron chi connectivity index (χ4n) is 7.29. The summed E-state index contributed by atoms with van der Waals surface area (Å²) in [5.74, 6) is -0.981. The van der Waals surface area contributed by atoms with Gasteiger partial charge in [0, 0.05) is 19.3 Å². The summed E-state index contributed by atoms with van der Waals surface area (Å²) in [4.78, 5) is 37.9. The van der Waals surface area contributed by atoms with E-state index in [0.717, 1.165) is 77.0 Å². The minimum Gasteiger partial charge on any atom is -0.462 e. The van der Waals surface area contributed by atoms with Gasteiger partial charge in [-0.1, -0.05) is 248 Å². The van der Waals surface area contributed by atoms with Crippen LogP contribution in [-0.4, -0.2) is 37.2 Å². The quantitative estimate of drug-likeness (QED) is 0.0262. The van der Waals surface area contributed by atoms with Crippen LogP contribution in [0.1, 0.15) is 252 Å². The van der Waals surface area contributed by atoms with E-state index in [4.69, 9.17) is 14.2 Å². The van der Waals surface area contributed by atoms with Gasteiger partial charge in [0.1, 0.15) is 13.2 Å². The SMILES string of the molecule is CC/C=C\C/C=C\C/C=C\C/C=C\C/C=C\C/C=C\CCC(=O)OCC(COC(=O)CCCCCCCCCCC)OC(=O)CCCCCCCCCCCCCCCCCCC. The Labute approximate surface area is 389 Å². The van der Waals surface area contributed by atoms with E-state index in [-0.39, 0.29) is 37.5 Å². The molecule has 0 aliphatic rings. The molecule has 0 aliphatic heterocycles. The number of ether oxygens (including phenoxy) is 3. The van der Waals surface area contributed by atoms with Crippen molar-refractivity contribution in [1.82, 2.24) is 0 Å². The Kier molecular flexibility index (Phi) is 48.9. The first-order chi connectivity index (χ1) is 31.0. The minimum atomic E-state index is -0.801. The van der Waals surface area contributed by atoms with Gasteiger partial charge in [0.2, 0.25) is 0 Å². The van der Waals surface area contributed by atoms with E-state index in [0.29, 0.717) is 19.3 Å². The summed E-state index contributed by atoms with van der Waals surface area (Å²) in [6.45, 7) is 6.45. The number of hydrogen-bond donors (Lipinski definition) is 0. The molecule has 0 saturated carbocycles. The van der Waals surface area contributed by atoms with Gasteiger partial charge >= 0.3 is 17.9 Å². The van der Waals surface area contributed by atoms with Gasteiger partial charge in [-0.25, -0.2) is 0 Å². The Morgan fingerprint density at radius 3 is 0.968 bits per heavy atom. The average molecular weight is 879 g/mol. The Morgan fingerprint density at radius 2 is 0.619 bits per heavy atom. The van der Waals surface area contributed by atoms with Gasteiger partial charge < -0.3 is 14.2 Å². The molecule has 6 nitrogen and oxygen atoms in total. The number of unbranched alkanes of at least 4 members (excludes halogenated alkanes) is 24. The van der Waals surface area contributed by atoms with Gasteiger partial charge in [-0.15, -0.1) is 0 Å². The maximum Gasteiger partial charge on any atom is 0.306 e. The molecule has 0 radical (unpaired) electrons. The van der Waals surface area contributed by atoms with Crippen LogP contribution in [0.5, 0.6) is 0 Å². The maximum absolute atomic E-state index is 12.8. The molecule has 0 heterocycles. The minimum absolute atomic E-state index is 0.0958. The van der Waals surface area contributed by atoms with Crippen molar-refractivity contribution in [2.45, 2.75) is 258 Å². The molecular weight excluding hydrogens is 781 g/mol. The Bertz CT molecular complexity index is 1190. The number of rotatable bonds is 47. The maximum atomic E-state index is 12.8. The molecule has 0 bridgehead atoms. The zero-order valence-corrected chi connectivity index (χ0v) is 41.3. The molecule has 0 spiro atoms. The summed E-state index contributed by atoms with van der Waals surface area (Å²) in [5, 5.41) is 0. The highest BCUT2D eigenvalue weighted by molar-refractivity contribution is 5.71. The second-order valence-electron chi connectivity index (χ2n) is 17.4. The fraction of sp³-hybridized carbons (Fsp3) is 0.737. The van der Waals surface area contributed by atoms with E-state index in [1.807, 2.05) is 6.08 Å². The van der Waals surface area contributed by atoms with Crippen LogP contribution >= 0.6 is 0 Å². The number of carbonyl (C=O) groups excluding carboxylic acids is 3. The fourth-order valence-corrected chi connectivity index (χ4v) is 7.29. The van der Waals surface area contributed by atoms with Gasteiger partial charge in [0.25, 0.3) is 0 Å². The van der Waals surface area contributed by atoms with E-state index in [1.54, 1.807) is 0 Å². The van der Waals surface area contributed by atoms with Gasteiger partial charge in [0.15, 0.2) is 6.10 Å². The zero-order chi connectivity index (χ0) is 45.8. The summed E-state index contributed by atoms with van der Waals surface area (Å²) >= 11 is 0. The van der Waals surface area contributed by atoms with Crippen LogP contribution in [0.3, 0.4) is 0 Å². The van der Waals surface area contributed by atoms with E-state index in [1.165, 1.54) is 128 Å². The van der Waals surface area contributed by atoms with Gasteiger partial charge in [-0.3, -0.25) is 14.4 Å². The molecule has 0 aromatic heterocycles. The van der Waals surface area contributed by atoms with Crippen molar-refractivity contribution in [2.75, 3.05) is 13.2 Å². The van der Waals surface area contributed by atoms with Crippen molar-refractivity contribution in [2.24, 2.45) is 0 Å². The van der Waals surface area contributed by atoms with Crippen LogP contribution in [0.2, 0.25) is 0 Å². The number of allylic oxidation sites excluding steroid dienone is 12. The second-order valence-corrected chi connectivity index (χ2v) is 17.4. The Morgan fingerprint density at radius 1 is 0.333 bits per heavy atom. The molecule has 6 heteroatoms. The summed E-state index contributed by atoms with van der Waals surface area (Å²) in [5.41, 5.74) is 0. The van der Waals surface area contributed by atoms with Crippen molar-refractivity contribution in [3.8, 4) is 0 Å². The lowest BCUT2D eigenvalue weighted by Gasteiger charge is -2.18. The molecule has 1 atom stereocenters. The van der Waals surface area contributed by atoms with Crippen molar-refractivity contribution in [1.29, 1.82) is 0 Å². The molecule has 63 heavy (non-hydrogen) atoms. The lowest BCUT2D eigenvalue weighted by molar-refractivity contribution is -0.166. The number of hydrogen-bond acceptors (Lipinski definition) is 6. The first-order valence-electron chi connectivity index (χ1n) is 26.4. The van der Waals surface area contributed by atoms with E-state index in [9.17, 15) is 14.4 Å². The molecule has 0 aliphatic carbocycles. The molecule has 0 rings (SSSR count). The predicted octanol–water partition coefficient (Wildman–Crippen LogP) is 17.4. The number of carbonyl (C=O) groups is 3. The third-order valence-corrected chi connectivity index (χ3v) is 11.2. The zero-order valence-electron chi connectivity index (χ0n) is 41.3. The monoisotopic (exact) mass is 879 g/mol. The molecule has 362 valence electrons. The third-order valence-electron chi connectivity index (χ3n) is 11.2. The summed E-state index contributed by atoms with van der Waals surface area (Å²) in [6, 6.07) is 0. The standard InChI is InChI=1S/C57H98O6/c1-4-7-10-13-16-19-21-23-25-27-28-30-31-33-35-38-41-44-47-50-56(59)62-53-54(52-61-55(58)49-46-43-40-37-18-15-12-9-6-3)63-57(60)51-48-45-42-39-36-34-32-29-26-24-22-20-17-14-11-8-5-2/h7,10,16,19,23,25,28,30,33,35,41,44,54H,4-6,8-9,11-15,17-18,20-22,24,26-27,29,31-32,34,36-40,42-43,45-53H2,1-3H3/b10-7-,19-16-,25-23-,30-28-,35-33-,44-41-. The molecule has 0 fully saturated rings. The number of esters is 3. The first kappa shape index (κ1) is 59.9. The molecular formula is C57H98O6. The smallest absolute Gasteiger partial charge is 0.306 e. The molecule has 0 N–H and O–H groups in total. The summed E-state index contributed by atoms with van der Waals surface area (Å²) in [7, 11) is 0. The first-order valence-corrected chi connectivity index (χ1v) is 26.4.